The summed E-state index contributed by atoms with van der Waals surface area (Å²) in [5.41, 5.74) is 4.01. The fraction of sp³-hybridized carbons (Fsp3) is 0.125. The number of nitrogens with zero attached hydrogens (tertiary/aromatic N) is 2. The fourth-order valence-corrected chi connectivity index (χ4v) is 9.41. The van der Waals surface area contributed by atoms with Crippen LogP contribution in [0.15, 0.2) is 123 Å². The van der Waals surface area contributed by atoms with Crippen molar-refractivity contribution in [3.8, 4) is 39.5 Å². The van der Waals surface area contributed by atoms with Crippen molar-refractivity contribution in [2.24, 2.45) is 0 Å². The Kier molecular flexibility index (Phi) is 12.0. The lowest BCUT2D eigenvalue weighted by Gasteiger charge is -2.17. The monoisotopic (exact) mass is 894 g/mol. The van der Waals surface area contributed by atoms with Gasteiger partial charge >= 0.3 is 11.9 Å². The predicted molar refractivity (Wildman–Crippen MR) is 247 cm³/mol. The number of hydrogen-bond acceptors (Lipinski definition) is 11. The molecular weight excluding hydrogens is 857 g/mol. The standard InChI is InChI=1S/C48H38N4O10S2/c1-4-61-48(60)39-41(55)45(56)51(37-14-16-63-43(37)39)24-29-9-6-11-31(19-29)33-21-35(50-27(3)54)23-36(22-33)62-42-40(47(58)59)44-38(15-17-64-44)52(46(42)57)25-28-8-5-10-30(18-28)32-12-7-13-34(20-32)49-26(2)53/h5-23,55H,4,24-25H2,1-3H3,(H,49,53)(H,50,54)(H,58,59). The maximum atomic E-state index is 14.6. The minimum absolute atomic E-state index is 0.0139. The van der Waals surface area contributed by atoms with E-state index in [-0.39, 0.29) is 48.4 Å². The van der Waals surface area contributed by atoms with Gasteiger partial charge in [0.2, 0.25) is 17.6 Å². The van der Waals surface area contributed by atoms with Gasteiger partial charge in [0.25, 0.3) is 11.1 Å². The number of carbonyl (C=O) groups is 4. The minimum Gasteiger partial charge on any atom is -0.502 e. The SMILES string of the molecule is CCOC(=O)c1c(O)c(=O)n(Cc2cccc(-c3cc(NC(C)=O)cc(Oc4c(C(=O)O)c5sccc5n(Cc5cccc(-c6cccc(NC(C)=O)c6)c5)c4=O)c3)c2)c2ccsc12. The number of fused-ring (bicyclic) bond motifs is 2. The number of rotatable bonds is 13. The highest BCUT2D eigenvalue weighted by molar-refractivity contribution is 7.18. The number of amides is 2. The summed E-state index contributed by atoms with van der Waals surface area (Å²) >= 11 is 2.35. The number of ether oxygens (including phenoxy) is 2. The van der Waals surface area contributed by atoms with E-state index in [1.165, 1.54) is 40.4 Å². The molecule has 8 rings (SSSR count). The number of pyridine rings is 2. The molecule has 0 spiro atoms. The number of carbonyl (C=O) groups excluding carboxylic acids is 3. The van der Waals surface area contributed by atoms with Crippen molar-refractivity contribution in [1.82, 2.24) is 9.13 Å². The number of hydrogen-bond donors (Lipinski definition) is 4. The predicted octanol–water partition coefficient (Wildman–Crippen LogP) is 9.16. The summed E-state index contributed by atoms with van der Waals surface area (Å²) in [5.74, 6) is -3.83. The first-order valence-electron chi connectivity index (χ1n) is 19.8. The molecule has 0 saturated carbocycles. The van der Waals surface area contributed by atoms with Crippen molar-refractivity contribution in [3.63, 3.8) is 0 Å². The van der Waals surface area contributed by atoms with Gasteiger partial charge in [-0.15, -0.1) is 22.7 Å². The van der Waals surface area contributed by atoms with Gasteiger partial charge in [0, 0.05) is 31.3 Å². The van der Waals surface area contributed by atoms with Gasteiger partial charge in [-0.3, -0.25) is 28.3 Å². The molecule has 0 atom stereocenters. The van der Waals surface area contributed by atoms with Crippen LogP contribution in [0.2, 0.25) is 0 Å². The summed E-state index contributed by atoms with van der Waals surface area (Å²) in [6.45, 7) is 4.54. The highest BCUT2D eigenvalue weighted by atomic mass is 32.1. The molecule has 16 heteroatoms. The lowest BCUT2D eigenvalue weighted by Crippen LogP contribution is -2.24. The Morgan fingerprint density at radius 1 is 0.641 bits per heavy atom. The largest absolute Gasteiger partial charge is 0.502 e. The molecule has 0 radical (unpaired) electrons. The number of thiophene rings is 2. The number of carboxylic acids is 1. The zero-order valence-electron chi connectivity index (χ0n) is 34.5. The summed E-state index contributed by atoms with van der Waals surface area (Å²) in [5, 5.41) is 30.4. The molecule has 14 nitrogen and oxygen atoms in total. The number of anilines is 2. The molecule has 0 aliphatic rings. The summed E-state index contributed by atoms with van der Waals surface area (Å²) in [6, 6.07) is 30.2. The Hall–Kier alpha value is -7.82. The van der Waals surface area contributed by atoms with Crippen molar-refractivity contribution in [3.05, 3.63) is 157 Å². The van der Waals surface area contributed by atoms with Gasteiger partial charge in [-0.1, -0.05) is 48.5 Å². The van der Waals surface area contributed by atoms with E-state index >= 15 is 0 Å². The van der Waals surface area contributed by atoms with Crippen LogP contribution in [0.5, 0.6) is 17.2 Å². The van der Waals surface area contributed by atoms with Crippen LogP contribution in [0.3, 0.4) is 0 Å². The van der Waals surface area contributed by atoms with Crippen molar-refractivity contribution in [2.75, 3.05) is 17.2 Å². The number of aromatic carboxylic acids is 1. The molecule has 2 amide bonds. The number of aromatic hydroxyl groups is 1. The van der Waals surface area contributed by atoms with Gasteiger partial charge < -0.3 is 30.3 Å². The van der Waals surface area contributed by atoms with Gasteiger partial charge in [0.1, 0.15) is 16.9 Å². The average Bonchev–Trinajstić information content (AvgIpc) is 3.95. The third kappa shape index (κ3) is 8.64. The van der Waals surface area contributed by atoms with E-state index in [0.717, 1.165) is 28.0 Å². The van der Waals surface area contributed by atoms with Crippen LogP contribution in [-0.4, -0.2) is 49.7 Å². The highest BCUT2D eigenvalue weighted by Crippen LogP contribution is 2.37. The normalized spacial score (nSPS) is 11.1. The third-order valence-corrected chi connectivity index (χ3v) is 12.0. The molecule has 0 fully saturated rings. The first kappa shape index (κ1) is 42.9. The van der Waals surface area contributed by atoms with Gasteiger partial charge in [0.15, 0.2) is 5.75 Å². The molecule has 4 heterocycles. The Balaban J connectivity index is 1.17. The third-order valence-electron chi connectivity index (χ3n) is 10.2. The quantitative estimate of drug-likeness (QED) is 0.0811. The molecule has 0 bridgehead atoms. The van der Waals surface area contributed by atoms with Crippen LogP contribution in [0.1, 0.15) is 52.6 Å². The van der Waals surface area contributed by atoms with Gasteiger partial charge in [-0.05, 0) is 99.6 Å². The van der Waals surface area contributed by atoms with E-state index in [2.05, 4.69) is 10.6 Å². The van der Waals surface area contributed by atoms with Crippen LogP contribution in [0.4, 0.5) is 11.4 Å². The second kappa shape index (κ2) is 17.9. The van der Waals surface area contributed by atoms with Crippen LogP contribution in [-0.2, 0) is 27.4 Å². The molecule has 0 unspecified atom stereocenters. The van der Waals surface area contributed by atoms with Gasteiger partial charge in [0.05, 0.1) is 40.1 Å². The molecule has 64 heavy (non-hydrogen) atoms. The summed E-state index contributed by atoms with van der Waals surface area (Å²) in [4.78, 5) is 77.8. The number of esters is 1. The van der Waals surface area contributed by atoms with E-state index < -0.39 is 34.6 Å². The smallest absolute Gasteiger partial charge is 0.343 e. The van der Waals surface area contributed by atoms with Crippen molar-refractivity contribution >= 4 is 78.2 Å². The molecule has 8 aromatic rings. The Morgan fingerprint density at radius 3 is 1.77 bits per heavy atom. The average molecular weight is 895 g/mol. The molecule has 4 N–H and O–H groups in total. The second-order valence-corrected chi connectivity index (χ2v) is 16.5. The molecular formula is C48H38N4O10S2. The lowest BCUT2D eigenvalue weighted by molar-refractivity contribution is -0.115. The van der Waals surface area contributed by atoms with Crippen molar-refractivity contribution in [2.45, 2.75) is 33.9 Å². The molecule has 4 aromatic heterocycles. The number of nitrogens with one attached hydrogen (secondary N) is 2. The molecule has 0 aliphatic carbocycles. The zero-order valence-corrected chi connectivity index (χ0v) is 36.1. The van der Waals surface area contributed by atoms with Crippen LogP contribution in [0, 0.1) is 0 Å². The maximum absolute atomic E-state index is 14.6. The van der Waals surface area contributed by atoms with Gasteiger partial charge in [-0.2, -0.15) is 0 Å². The minimum atomic E-state index is -1.37. The van der Waals surface area contributed by atoms with E-state index in [1.54, 1.807) is 72.3 Å². The zero-order chi connectivity index (χ0) is 45.2. The van der Waals surface area contributed by atoms with Crippen LogP contribution < -0.4 is 26.5 Å². The Morgan fingerprint density at radius 2 is 1.17 bits per heavy atom. The van der Waals surface area contributed by atoms with Crippen molar-refractivity contribution < 1.29 is 38.9 Å². The number of benzene rings is 4. The Labute approximate surface area is 372 Å². The van der Waals surface area contributed by atoms with E-state index in [0.29, 0.717) is 48.5 Å². The molecule has 0 saturated heterocycles. The van der Waals surface area contributed by atoms with E-state index in [9.17, 15) is 39.0 Å². The number of aromatic nitrogens is 2. The second-order valence-electron chi connectivity index (χ2n) is 14.7. The summed E-state index contributed by atoms with van der Waals surface area (Å²) in [6.07, 6.45) is 0. The maximum Gasteiger partial charge on any atom is 0.343 e. The Bertz CT molecular complexity index is 3310. The summed E-state index contributed by atoms with van der Waals surface area (Å²) in [7, 11) is 0. The fourth-order valence-electron chi connectivity index (χ4n) is 7.55. The highest BCUT2D eigenvalue weighted by Gasteiger charge is 2.27. The first-order valence-corrected chi connectivity index (χ1v) is 21.6. The van der Waals surface area contributed by atoms with Crippen LogP contribution >= 0.6 is 22.7 Å². The first-order chi connectivity index (χ1) is 30.8. The van der Waals surface area contributed by atoms with Crippen LogP contribution in [0.25, 0.3) is 42.7 Å². The van der Waals surface area contributed by atoms with E-state index in [4.69, 9.17) is 9.47 Å². The topological polar surface area (TPSA) is 195 Å². The van der Waals surface area contributed by atoms with Crippen molar-refractivity contribution in [1.29, 1.82) is 0 Å². The van der Waals surface area contributed by atoms with E-state index in [1.807, 2.05) is 42.5 Å². The molecule has 322 valence electrons. The van der Waals surface area contributed by atoms with Gasteiger partial charge in [-0.25, -0.2) is 9.59 Å². The number of carboxylic acid groups (broad SMARTS) is 1. The molecule has 4 aromatic carbocycles. The lowest BCUT2D eigenvalue weighted by atomic mass is 10.0. The summed E-state index contributed by atoms with van der Waals surface area (Å²) < 4.78 is 15.0. The molecule has 0 aliphatic heterocycles.